The SMILES string of the molecule is CCCC(F)(P)P. The highest BCUT2D eigenvalue weighted by atomic mass is 31.1. The molecule has 0 bridgehead atoms. The second-order valence-electron chi connectivity index (χ2n) is 1.68. The fourth-order valence-electron chi connectivity index (χ4n) is 0.383. The van der Waals surface area contributed by atoms with Crippen molar-refractivity contribution in [1.29, 1.82) is 0 Å². The van der Waals surface area contributed by atoms with Gasteiger partial charge in [0.15, 0.2) is 0 Å². The lowest BCUT2D eigenvalue weighted by Crippen LogP contribution is -1.98. The van der Waals surface area contributed by atoms with Gasteiger partial charge in [0, 0.05) is 0 Å². The van der Waals surface area contributed by atoms with Crippen LogP contribution >= 0.6 is 18.5 Å². The number of rotatable bonds is 2. The summed E-state index contributed by atoms with van der Waals surface area (Å²) in [7, 11) is 4.27. The Morgan fingerprint density at radius 1 is 1.57 bits per heavy atom. The first kappa shape index (κ1) is 7.79. The highest BCUT2D eigenvalue weighted by Gasteiger charge is 2.12. The molecular formula is C4H11FP2. The quantitative estimate of drug-likeness (QED) is 0.515. The van der Waals surface area contributed by atoms with Crippen molar-refractivity contribution in [3.8, 4) is 0 Å². The van der Waals surface area contributed by atoms with E-state index < -0.39 is 5.15 Å². The van der Waals surface area contributed by atoms with Gasteiger partial charge in [0.25, 0.3) is 0 Å². The summed E-state index contributed by atoms with van der Waals surface area (Å²) in [6.45, 7) is 1.96. The highest BCUT2D eigenvalue weighted by molar-refractivity contribution is 7.39. The zero-order chi connectivity index (χ0) is 5.91. The Balaban J connectivity index is 3.15. The molecule has 0 radical (unpaired) electrons. The molecule has 0 saturated heterocycles. The van der Waals surface area contributed by atoms with E-state index in [0.717, 1.165) is 6.42 Å². The van der Waals surface area contributed by atoms with E-state index in [-0.39, 0.29) is 0 Å². The second kappa shape index (κ2) is 2.95. The van der Waals surface area contributed by atoms with E-state index in [0.29, 0.717) is 6.42 Å². The molecule has 44 valence electrons. The number of alkyl halides is 1. The summed E-state index contributed by atoms with van der Waals surface area (Å²) >= 11 is 0. The van der Waals surface area contributed by atoms with Crippen molar-refractivity contribution >= 4 is 18.5 Å². The number of hydrogen-bond donors (Lipinski definition) is 0. The largest absolute Gasteiger partial charge is 0.235 e. The van der Waals surface area contributed by atoms with E-state index in [2.05, 4.69) is 18.5 Å². The summed E-state index contributed by atoms with van der Waals surface area (Å²) in [5.41, 5.74) is 0. The molecule has 0 aromatic heterocycles. The molecule has 0 aliphatic heterocycles. The standard InChI is InChI=1S/C4H11FP2/c1-2-3-4(5,6)7/h2-3,6-7H2,1H3. The fraction of sp³-hybridized carbons (Fsp3) is 1.00. The molecule has 0 saturated carbocycles. The van der Waals surface area contributed by atoms with Gasteiger partial charge in [0.1, 0.15) is 5.15 Å². The lowest BCUT2D eigenvalue weighted by molar-refractivity contribution is 0.384. The third-order valence-corrected chi connectivity index (χ3v) is 1.21. The molecule has 0 rings (SSSR count). The molecule has 0 aromatic carbocycles. The Morgan fingerprint density at radius 3 is 2.00 bits per heavy atom. The van der Waals surface area contributed by atoms with Gasteiger partial charge in [0.05, 0.1) is 0 Å². The van der Waals surface area contributed by atoms with Gasteiger partial charge in [-0.25, -0.2) is 4.39 Å². The molecule has 0 heterocycles. The van der Waals surface area contributed by atoms with Crippen molar-refractivity contribution in [2.45, 2.75) is 24.9 Å². The summed E-state index contributed by atoms with van der Waals surface area (Å²) in [4.78, 5) is 0. The molecule has 0 nitrogen and oxygen atoms in total. The van der Waals surface area contributed by atoms with E-state index in [1.807, 2.05) is 6.92 Å². The maximum absolute atomic E-state index is 12.3. The van der Waals surface area contributed by atoms with Crippen LogP contribution in [0.15, 0.2) is 0 Å². The summed E-state index contributed by atoms with van der Waals surface area (Å²) < 4.78 is 12.3. The molecule has 3 heteroatoms. The lowest BCUT2D eigenvalue weighted by atomic mass is 10.4. The van der Waals surface area contributed by atoms with Crippen LogP contribution in [0.3, 0.4) is 0 Å². The van der Waals surface area contributed by atoms with Crippen molar-refractivity contribution in [3.05, 3.63) is 0 Å². The Labute approximate surface area is 48.7 Å². The van der Waals surface area contributed by atoms with Crippen molar-refractivity contribution in [1.82, 2.24) is 0 Å². The Bertz CT molecular complexity index is 48.1. The maximum atomic E-state index is 12.3. The average Bonchev–Trinajstić information content (AvgIpc) is 1.30. The molecule has 0 amide bonds. The van der Waals surface area contributed by atoms with Crippen LogP contribution in [0.1, 0.15) is 19.8 Å². The molecule has 0 aliphatic carbocycles. The van der Waals surface area contributed by atoms with E-state index >= 15 is 0 Å². The number of halogens is 1. The van der Waals surface area contributed by atoms with E-state index in [1.165, 1.54) is 0 Å². The Kier molecular flexibility index (Phi) is 3.28. The minimum Gasteiger partial charge on any atom is -0.235 e. The molecule has 0 fully saturated rings. The normalized spacial score (nSPS) is 12.0. The van der Waals surface area contributed by atoms with Crippen LogP contribution in [-0.4, -0.2) is 5.15 Å². The predicted octanol–water partition coefficient (Wildman–Crippen LogP) is 2.16. The van der Waals surface area contributed by atoms with Gasteiger partial charge in [-0.2, -0.15) is 0 Å². The van der Waals surface area contributed by atoms with E-state index in [1.54, 1.807) is 0 Å². The van der Waals surface area contributed by atoms with Crippen molar-refractivity contribution in [2.24, 2.45) is 0 Å². The molecule has 2 atom stereocenters. The summed E-state index contributed by atoms with van der Waals surface area (Å²) in [6, 6.07) is 0. The molecule has 0 aromatic rings. The average molecular weight is 140 g/mol. The monoisotopic (exact) mass is 140 g/mol. The third-order valence-electron chi connectivity index (χ3n) is 0.633. The summed E-state index contributed by atoms with van der Waals surface area (Å²) in [5, 5.41) is -1.12. The minimum absolute atomic E-state index is 0.600. The zero-order valence-electron chi connectivity index (χ0n) is 4.45. The molecule has 2 unspecified atom stereocenters. The first-order valence-electron chi connectivity index (χ1n) is 2.33. The van der Waals surface area contributed by atoms with Crippen molar-refractivity contribution < 1.29 is 4.39 Å². The van der Waals surface area contributed by atoms with Crippen LogP contribution in [0.4, 0.5) is 4.39 Å². The van der Waals surface area contributed by atoms with Crippen LogP contribution in [-0.2, 0) is 0 Å². The highest BCUT2D eigenvalue weighted by Crippen LogP contribution is 2.32. The van der Waals surface area contributed by atoms with E-state index in [4.69, 9.17) is 0 Å². The zero-order valence-corrected chi connectivity index (χ0v) is 6.76. The molecule has 0 aliphatic rings. The third kappa shape index (κ3) is 6.79. The predicted molar refractivity (Wildman–Crippen MR) is 38.2 cm³/mol. The smallest absolute Gasteiger partial charge is 0.136 e. The van der Waals surface area contributed by atoms with Gasteiger partial charge in [-0.15, -0.1) is 0 Å². The van der Waals surface area contributed by atoms with E-state index in [9.17, 15) is 4.39 Å². The summed E-state index contributed by atoms with van der Waals surface area (Å²) in [6.07, 6.45) is 1.49. The van der Waals surface area contributed by atoms with Crippen LogP contribution in [0, 0.1) is 0 Å². The molecule has 0 spiro atoms. The first-order valence-corrected chi connectivity index (χ1v) is 3.48. The van der Waals surface area contributed by atoms with Gasteiger partial charge in [-0.1, -0.05) is 31.8 Å². The van der Waals surface area contributed by atoms with Gasteiger partial charge in [-0.3, -0.25) is 0 Å². The van der Waals surface area contributed by atoms with Crippen LogP contribution in [0.5, 0.6) is 0 Å². The molecule has 0 N–H and O–H groups in total. The fourth-order valence-corrected chi connectivity index (χ4v) is 0.961. The van der Waals surface area contributed by atoms with Gasteiger partial charge in [0.2, 0.25) is 0 Å². The van der Waals surface area contributed by atoms with Crippen molar-refractivity contribution in [2.75, 3.05) is 0 Å². The van der Waals surface area contributed by atoms with Crippen LogP contribution < -0.4 is 0 Å². The lowest BCUT2D eigenvalue weighted by Gasteiger charge is -2.09. The molecule has 7 heavy (non-hydrogen) atoms. The summed E-state index contributed by atoms with van der Waals surface area (Å²) in [5.74, 6) is 0. The van der Waals surface area contributed by atoms with Crippen LogP contribution in [0.25, 0.3) is 0 Å². The Hall–Kier alpha value is 0.790. The molecular weight excluding hydrogens is 129 g/mol. The topological polar surface area (TPSA) is 0 Å². The van der Waals surface area contributed by atoms with Gasteiger partial charge >= 0.3 is 0 Å². The van der Waals surface area contributed by atoms with Gasteiger partial charge < -0.3 is 0 Å². The first-order chi connectivity index (χ1) is 3.06. The Morgan fingerprint density at radius 2 is 2.00 bits per heavy atom. The maximum Gasteiger partial charge on any atom is 0.136 e. The number of hydrogen-bond acceptors (Lipinski definition) is 0. The van der Waals surface area contributed by atoms with Crippen LogP contribution in [0.2, 0.25) is 0 Å². The van der Waals surface area contributed by atoms with Gasteiger partial charge in [-0.05, 0) is 6.42 Å². The second-order valence-corrected chi connectivity index (χ2v) is 4.26. The van der Waals surface area contributed by atoms with Crippen molar-refractivity contribution in [3.63, 3.8) is 0 Å². The minimum atomic E-state index is -1.12.